The molecule has 1 unspecified atom stereocenters. The summed E-state index contributed by atoms with van der Waals surface area (Å²) in [5.74, 6) is 1.33. The van der Waals surface area contributed by atoms with E-state index in [9.17, 15) is 4.79 Å². The SMILES string of the molecule is CC(C)(C)C1CCCN(c2nc[nH]c(=O)c2Cl)CC1. The van der Waals surface area contributed by atoms with Gasteiger partial charge in [-0.25, -0.2) is 4.98 Å². The minimum absolute atomic E-state index is 0.205. The van der Waals surface area contributed by atoms with Crippen LogP contribution in [0.5, 0.6) is 0 Å². The highest BCUT2D eigenvalue weighted by Crippen LogP contribution is 2.35. The van der Waals surface area contributed by atoms with Crippen molar-refractivity contribution < 1.29 is 0 Å². The number of rotatable bonds is 1. The summed E-state index contributed by atoms with van der Waals surface area (Å²) in [6, 6.07) is 0. The van der Waals surface area contributed by atoms with Gasteiger partial charge in [0.2, 0.25) is 0 Å². The molecule has 5 heteroatoms. The van der Waals surface area contributed by atoms with Crippen LogP contribution in [-0.4, -0.2) is 23.1 Å². The number of halogens is 1. The number of nitrogens with one attached hydrogen (secondary N) is 1. The fourth-order valence-electron chi connectivity index (χ4n) is 2.77. The predicted molar refractivity (Wildman–Crippen MR) is 78.9 cm³/mol. The maximum Gasteiger partial charge on any atom is 0.271 e. The molecule has 2 heterocycles. The van der Waals surface area contributed by atoms with Crippen molar-refractivity contribution in [3.63, 3.8) is 0 Å². The lowest BCUT2D eigenvalue weighted by Crippen LogP contribution is -2.28. The van der Waals surface area contributed by atoms with Gasteiger partial charge in [0.25, 0.3) is 5.56 Å². The molecule has 2 rings (SSSR count). The number of hydrogen-bond donors (Lipinski definition) is 1. The van der Waals surface area contributed by atoms with Gasteiger partial charge in [-0.1, -0.05) is 32.4 Å². The molecule has 1 aromatic rings. The molecule has 19 heavy (non-hydrogen) atoms. The van der Waals surface area contributed by atoms with E-state index in [4.69, 9.17) is 11.6 Å². The Kier molecular flexibility index (Phi) is 4.19. The zero-order valence-corrected chi connectivity index (χ0v) is 12.6. The van der Waals surface area contributed by atoms with E-state index in [-0.39, 0.29) is 10.6 Å². The Bertz CT molecular complexity index is 492. The molecule has 1 fully saturated rings. The highest BCUT2D eigenvalue weighted by molar-refractivity contribution is 6.32. The second kappa shape index (κ2) is 5.53. The maximum atomic E-state index is 11.5. The summed E-state index contributed by atoms with van der Waals surface area (Å²) >= 11 is 6.06. The number of anilines is 1. The molecule has 0 bridgehead atoms. The molecule has 1 saturated heterocycles. The first-order valence-electron chi connectivity index (χ1n) is 6.87. The number of nitrogens with zero attached hydrogens (tertiary/aromatic N) is 2. The molecule has 1 N–H and O–H groups in total. The highest BCUT2D eigenvalue weighted by Gasteiger charge is 2.28. The molecule has 106 valence electrons. The minimum Gasteiger partial charge on any atom is -0.355 e. The van der Waals surface area contributed by atoms with E-state index in [1.165, 1.54) is 12.7 Å². The average molecular weight is 284 g/mol. The number of hydrogen-bond acceptors (Lipinski definition) is 3. The highest BCUT2D eigenvalue weighted by atomic mass is 35.5. The van der Waals surface area contributed by atoms with Gasteiger partial charge in [0.05, 0.1) is 6.33 Å². The van der Waals surface area contributed by atoms with E-state index < -0.39 is 0 Å². The van der Waals surface area contributed by atoms with Gasteiger partial charge in [-0.15, -0.1) is 0 Å². The molecule has 0 radical (unpaired) electrons. The first-order chi connectivity index (χ1) is 8.89. The third-order valence-corrected chi connectivity index (χ3v) is 4.37. The zero-order valence-electron chi connectivity index (χ0n) is 11.9. The van der Waals surface area contributed by atoms with Gasteiger partial charge in [-0.05, 0) is 30.6 Å². The molecule has 1 aliphatic heterocycles. The van der Waals surface area contributed by atoms with Crippen LogP contribution in [0.25, 0.3) is 0 Å². The largest absolute Gasteiger partial charge is 0.355 e. The third-order valence-electron chi connectivity index (χ3n) is 4.03. The van der Waals surface area contributed by atoms with Crippen molar-refractivity contribution in [1.82, 2.24) is 9.97 Å². The van der Waals surface area contributed by atoms with E-state index in [0.717, 1.165) is 25.9 Å². The zero-order chi connectivity index (χ0) is 14.0. The normalized spacial score (nSPS) is 21.3. The van der Waals surface area contributed by atoms with Crippen molar-refractivity contribution in [2.24, 2.45) is 11.3 Å². The van der Waals surface area contributed by atoms with Crippen molar-refractivity contribution in [3.05, 3.63) is 21.7 Å². The van der Waals surface area contributed by atoms with Crippen LogP contribution in [0.4, 0.5) is 5.82 Å². The molecule has 4 nitrogen and oxygen atoms in total. The van der Waals surface area contributed by atoms with Crippen LogP contribution in [-0.2, 0) is 0 Å². The summed E-state index contributed by atoms with van der Waals surface area (Å²) in [5.41, 5.74) is 0.0739. The van der Waals surface area contributed by atoms with Crippen LogP contribution in [0.15, 0.2) is 11.1 Å². The second-order valence-corrected chi connectivity index (χ2v) is 6.73. The maximum absolute atomic E-state index is 11.5. The molecule has 1 aromatic heterocycles. The van der Waals surface area contributed by atoms with Crippen molar-refractivity contribution in [2.75, 3.05) is 18.0 Å². The number of aromatic amines is 1. The summed E-state index contributed by atoms with van der Waals surface area (Å²) in [4.78, 5) is 20.4. The van der Waals surface area contributed by atoms with Crippen LogP contribution in [0, 0.1) is 11.3 Å². The Balaban J connectivity index is 2.16. The van der Waals surface area contributed by atoms with Crippen molar-refractivity contribution in [1.29, 1.82) is 0 Å². The molecule has 0 amide bonds. The molecule has 0 aromatic carbocycles. The monoisotopic (exact) mass is 283 g/mol. The molecular formula is C14H22ClN3O. The predicted octanol–water partition coefficient (Wildman–Crippen LogP) is 3.08. The molecule has 1 atom stereocenters. The van der Waals surface area contributed by atoms with Crippen molar-refractivity contribution >= 4 is 17.4 Å². The lowest BCUT2D eigenvalue weighted by molar-refractivity contribution is 0.220. The molecule has 0 aliphatic carbocycles. The van der Waals surface area contributed by atoms with Gasteiger partial charge >= 0.3 is 0 Å². The van der Waals surface area contributed by atoms with E-state index >= 15 is 0 Å². The smallest absolute Gasteiger partial charge is 0.271 e. The van der Waals surface area contributed by atoms with Crippen molar-refractivity contribution in [3.8, 4) is 0 Å². The molecule has 0 spiro atoms. The van der Waals surface area contributed by atoms with Gasteiger partial charge in [-0.2, -0.15) is 0 Å². The van der Waals surface area contributed by atoms with Gasteiger partial charge in [0, 0.05) is 13.1 Å². The summed E-state index contributed by atoms with van der Waals surface area (Å²) in [5, 5.41) is 0.205. The fraction of sp³-hybridized carbons (Fsp3) is 0.714. The average Bonchev–Trinajstić information content (AvgIpc) is 2.57. The van der Waals surface area contributed by atoms with Gasteiger partial charge < -0.3 is 9.88 Å². The molecule has 1 aliphatic rings. The van der Waals surface area contributed by atoms with Crippen LogP contribution in [0.1, 0.15) is 40.0 Å². The van der Waals surface area contributed by atoms with Crippen LogP contribution < -0.4 is 10.5 Å². The topological polar surface area (TPSA) is 49.0 Å². The summed E-state index contributed by atoms with van der Waals surface area (Å²) in [6.07, 6.45) is 4.89. The lowest BCUT2D eigenvalue weighted by Gasteiger charge is -2.30. The molecule has 0 saturated carbocycles. The molecular weight excluding hydrogens is 262 g/mol. The quantitative estimate of drug-likeness (QED) is 0.862. The van der Waals surface area contributed by atoms with Crippen LogP contribution in [0.3, 0.4) is 0 Å². The lowest BCUT2D eigenvalue weighted by atomic mass is 9.77. The standard InChI is InChI=1S/C14H22ClN3O/c1-14(2,3)10-5-4-7-18(8-6-10)12-11(15)13(19)17-9-16-12/h9-10H,4-8H2,1-3H3,(H,16,17,19). The second-order valence-electron chi connectivity index (χ2n) is 6.35. The van der Waals surface area contributed by atoms with Crippen LogP contribution in [0.2, 0.25) is 5.02 Å². The third kappa shape index (κ3) is 3.30. The Morgan fingerprint density at radius 2 is 2.11 bits per heavy atom. The Morgan fingerprint density at radius 3 is 2.79 bits per heavy atom. The van der Waals surface area contributed by atoms with E-state index in [0.29, 0.717) is 17.2 Å². The van der Waals surface area contributed by atoms with E-state index in [1.807, 2.05) is 0 Å². The Labute approximate surface area is 119 Å². The first-order valence-corrected chi connectivity index (χ1v) is 7.25. The van der Waals surface area contributed by atoms with Crippen molar-refractivity contribution in [2.45, 2.75) is 40.0 Å². The number of aromatic nitrogens is 2. The van der Waals surface area contributed by atoms with Gasteiger partial charge in [-0.3, -0.25) is 4.79 Å². The van der Waals surface area contributed by atoms with E-state index in [1.54, 1.807) is 0 Å². The van der Waals surface area contributed by atoms with E-state index in [2.05, 4.69) is 35.6 Å². The number of H-pyrrole nitrogens is 1. The summed E-state index contributed by atoms with van der Waals surface area (Å²) in [6.45, 7) is 8.73. The Hall–Kier alpha value is -1.03. The van der Waals surface area contributed by atoms with Crippen LogP contribution >= 0.6 is 11.6 Å². The van der Waals surface area contributed by atoms with Gasteiger partial charge in [0.15, 0.2) is 5.82 Å². The minimum atomic E-state index is -0.261. The first kappa shape index (κ1) is 14.4. The fourth-order valence-corrected chi connectivity index (χ4v) is 2.99. The Morgan fingerprint density at radius 1 is 1.37 bits per heavy atom. The summed E-state index contributed by atoms with van der Waals surface area (Å²) in [7, 11) is 0. The van der Waals surface area contributed by atoms with Gasteiger partial charge in [0.1, 0.15) is 5.02 Å². The summed E-state index contributed by atoms with van der Waals surface area (Å²) < 4.78 is 0.